The number of aromatic nitrogens is 3. The van der Waals surface area contributed by atoms with Gasteiger partial charge in [0.1, 0.15) is 11.2 Å². The van der Waals surface area contributed by atoms with E-state index in [1.807, 2.05) is 18.2 Å². The van der Waals surface area contributed by atoms with Gasteiger partial charge in [-0.15, -0.1) is 0 Å². The summed E-state index contributed by atoms with van der Waals surface area (Å²) in [6, 6.07) is 57.9. The fraction of sp³-hybridized carbons (Fsp3) is 0.0600. The molecule has 0 bridgehead atoms. The van der Waals surface area contributed by atoms with Crippen molar-refractivity contribution in [2.24, 2.45) is 0 Å². The van der Waals surface area contributed by atoms with E-state index in [1.54, 1.807) is 0 Å². The van der Waals surface area contributed by atoms with Crippen molar-refractivity contribution in [1.82, 2.24) is 15.0 Å². The highest BCUT2D eigenvalue weighted by molar-refractivity contribution is 6.14. The molecule has 0 saturated carbocycles. The van der Waals surface area contributed by atoms with E-state index in [9.17, 15) is 0 Å². The summed E-state index contributed by atoms with van der Waals surface area (Å²) >= 11 is 0. The third kappa shape index (κ3) is 4.60. The average Bonchev–Trinajstić information content (AvgIpc) is 3.72. The van der Waals surface area contributed by atoms with Crippen LogP contribution < -0.4 is 0 Å². The largest absolute Gasteiger partial charge is 0.455 e. The fourth-order valence-corrected chi connectivity index (χ4v) is 8.60. The molecule has 254 valence electrons. The molecular weight excluding hydrogens is 659 g/mol. The van der Waals surface area contributed by atoms with E-state index in [1.165, 1.54) is 44.2 Å². The predicted molar refractivity (Wildman–Crippen MR) is 221 cm³/mol. The van der Waals surface area contributed by atoms with Gasteiger partial charge in [-0.1, -0.05) is 153 Å². The van der Waals surface area contributed by atoms with Crippen LogP contribution in [0, 0.1) is 0 Å². The summed E-state index contributed by atoms with van der Waals surface area (Å²) in [7, 11) is 0. The van der Waals surface area contributed by atoms with Crippen molar-refractivity contribution in [2.45, 2.75) is 19.3 Å². The number of hydrogen-bond donors (Lipinski definition) is 0. The maximum atomic E-state index is 6.52. The lowest BCUT2D eigenvalue weighted by Gasteiger charge is -2.22. The minimum Gasteiger partial charge on any atom is -0.455 e. The Balaban J connectivity index is 1.13. The first-order valence-corrected chi connectivity index (χ1v) is 18.4. The molecule has 0 aliphatic heterocycles. The molecule has 1 aliphatic rings. The van der Waals surface area contributed by atoms with Gasteiger partial charge in [-0.05, 0) is 73.8 Å². The summed E-state index contributed by atoms with van der Waals surface area (Å²) in [5.74, 6) is 1.83. The Morgan fingerprint density at radius 2 is 1.00 bits per heavy atom. The maximum Gasteiger partial charge on any atom is 0.167 e. The summed E-state index contributed by atoms with van der Waals surface area (Å²) in [6.45, 7) is 4.65. The molecule has 10 aromatic rings. The van der Waals surface area contributed by atoms with Crippen LogP contribution in [0.2, 0.25) is 0 Å². The van der Waals surface area contributed by atoms with Gasteiger partial charge in [-0.25, -0.2) is 15.0 Å². The van der Waals surface area contributed by atoms with E-state index >= 15 is 0 Å². The number of nitrogens with zero attached hydrogens (tertiary/aromatic N) is 3. The third-order valence-corrected chi connectivity index (χ3v) is 11.3. The number of hydrogen-bond acceptors (Lipinski definition) is 4. The van der Waals surface area contributed by atoms with Crippen LogP contribution in [0.4, 0.5) is 0 Å². The summed E-state index contributed by atoms with van der Waals surface area (Å²) in [4.78, 5) is 15.8. The summed E-state index contributed by atoms with van der Waals surface area (Å²) in [5, 5.41) is 6.71. The second-order valence-electron chi connectivity index (χ2n) is 14.8. The summed E-state index contributed by atoms with van der Waals surface area (Å²) < 4.78 is 6.52. The lowest BCUT2D eigenvalue weighted by molar-refractivity contribution is 0.661. The minimum absolute atomic E-state index is 0.224. The van der Waals surface area contributed by atoms with Gasteiger partial charge in [0.05, 0.1) is 5.56 Å². The van der Waals surface area contributed by atoms with Gasteiger partial charge in [0.2, 0.25) is 0 Å². The molecule has 0 N–H and O–H groups in total. The van der Waals surface area contributed by atoms with E-state index in [4.69, 9.17) is 19.4 Å². The minimum atomic E-state index is -0.224. The molecule has 1 aliphatic carbocycles. The molecule has 2 heterocycles. The lowest BCUT2D eigenvalue weighted by Crippen LogP contribution is -2.15. The van der Waals surface area contributed by atoms with Crippen molar-refractivity contribution in [3.05, 3.63) is 175 Å². The van der Waals surface area contributed by atoms with E-state index in [-0.39, 0.29) is 5.41 Å². The molecule has 4 nitrogen and oxygen atoms in total. The predicted octanol–water partition coefficient (Wildman–Crippen LogP) is 13.1. The van der Waals surface area contributed by atoms with Crippen LogP contribution in [-0.2, 0) is 5.41 Å². The van der Waals surface area contributed by atoms with Crippen molar-refractivity contribution < 1.29 is 4.42 Å². The Morgan fingerprint density at radius 1 is 0.407 bits per heavy atom. The monoisotopic (exact) mass is 691 g/mol. The smallest absolute Gasteiger partial charge is 0.167 e. The van der Waals surface area contributed by atoms with Crippen molar-refractivity contribution in [3.8, 4) is 56.4 Å². The highest BCUT2D eigenvalue weighted by Crippen LogP contribution is 2.50. The van der Waals surface area contributed by atoms with Gasteiger partial charge >= 0.3 is 0 Å². The van der Waals surface area contributed by atoms with Crippen molar-refractivity contribution >= 4 is 43.5 Å². The Labute approximate surface area is 312 Å². The molecule has 0 fully saturated rings. The van der Waals surface area contributed by atoms with Crippen LogP contribution in [0.3, 0.4) is 0 Å². The molecule has 0 radical (unpaired) electrons. The Morgan fingerprint density at radius 3 is 1.83 bits per heavy atom. The van der Waals surface area contributed by atoms with E-state index in [0.717, 1.165) is 49.4 Å². The van der Waals surface area contributed by atoms with Crippen LogP contribution in [0.5, 0.6) is 0 Å². The molecule has 2 aromatic heterocycles. The lowest BCUT2D eigenvalue weighted by atomic mass is 9.81. The Bertz CT molecular complexity index is 3140. The zero-order valence-corrected chi connectivity index (χ0v) is 29.8. The van der Waals surface area contributed by atoms with Crippen molar-refractivity contribution in [3.63, 3.8) is 0 Å². The van der Waals surface area contributed by atoms with Crippen LogP contribution >= 0.6 is 0 Å². The van der Waals surface area contributed by atoms with Crippen LogP contribution in [0.15, 0.2) is 168 Å². The van der Waals surface area contributed by atoms with Crippen LogP contribution in [0.25, 0.3) is 99.9 Å². The standard InChI is InChI=1S/C50H33N3O/c1-50(2)42-28-33(30-12-4-3-5-13-30)24-26-36(42)37-27-25-34(29-43(37)50)47-51-48(40-19-10-15-32-23-22-31-14-6-7-16-35(31)45(32)40)53-49(52-47)41-20-11-18-39-38-17-8-9-21-44(38)54-46(39)41/h3-29H,1-2H3. The quantitative estimate of drug-likeness (QED) is 0.172. The highest BCUT2D eigenvalue weighted by atomic mass is 16.3. The average molecular weight is 692 g/mol. The topological polar surface area (TPSA) is 51.8 Å². The van der Waals surface area contributed by atoms with Gasteiger partial charge in [-0.3, -0.25) is 0 Å². The van der Waals surface area contributed by atoms with Gasteiger partial charge in [0.25, 0.3) is 0 Å². The number of furan rings is 1. The van der Waals surface area contributed by atoms with Crippen LogP contribution in [-0.4, -0.2) is 15.0 Å². The molecule has 0 atom stereocenters. The van der Waals surface area contributed by atoms with Crippen molar-refractivity contribution in [1.29, 1.82) is 0 Å². The second-order valence-corrected chi connectivity index (χ2v) is 14.8. The van der Waals surface area contributed by atoms with Crippen LogP contribution in [0.1, 0.15) is 25.0 Å². The van der Waals surface area contributed by atoms with Gasteiger partial charge in [0, 0.05) is 32.7 Å². The third-order valence-electron chi connectivity index (χ3n) is 11.3. The zero-order chi connectivity index (χ0) is 36.0. The first-order valence-electron chi connectivity index (χ1n) is 18.4. The van der Waals surface area contributed by atoms with Gasteiger partial charge in [0.15, 0.2) is 17.5 Å². The summed E-state index contributed by atoms with van der Waals surface area (Å²) in [6.07, 6.45) is 0. The summed E-state index contributed by atoms with van der Waals surface area (Å²) in [5.41, 5.74) is 11.7. The molecule has 0 amide bonds. The molecular formula is C50H33N3O. The van der Waals surface area contributed by atoms with Gasteiger partial charge < -0.3 is 4.42 Å². The Hall–Kier alpha value is -6.91. The number of benzene rings is 8. The highest BCUT2D eigenvalue weighted by Gasteiger charge is 2.36. The number of fused-ring (bicyclic) bond motifs is 9. The van der Waals surface area contributed by atoms with E-state index in [2.05, 4.69) is 159 Å². The Kier molecular flexibility index (Phi) is 6.56. The maximum absolute atomic E-state index is 6.52. The molecule has 4 heteroatoms. The molecule has 0 spiro atoms. The SMILES string of the molecule is CC1(C)c2cc(-c3ccccc3)ccc2-c2ccc(-c3nc(-c4cccc5c4oc4ccccc45)nc(-c4cccc5ccc6ccccc6c45)n3)cc21. The molecule has 0 unspecified atom stereocenters. The normalized spacial score (nSPS) is 13.1. The molecule has 11 rings (SSSR count). The second kappa shape index (κ2) is 11.5. The molecule has 8 aromatic carbocycles. The van der Waals surface area contributed by atoms with E-state index < -0.39 is 0 Å². The fourth-order valence-electron chi connectivity index (χ4n) is 8.60. The van der Waals surface area contributed by atoms with Gasteiger partial charge in [-0.2, -0.15) is 0 Å². The number of rotatable bonds is 4. The van der Waals surface area contributed by atoms with E-state index in [0.29, 0.717) is 17.5 Å². The zero-order valence-electron chi connectivity index (χ0n) is 29.8. The number of para-hydroxylation sites is 2. The van der Waals surface area contributed by atoms with Crippen molar-refractivity contribution in [2.75, 3.05) is 0 Å². The molecule has 54 heavy (non-hydrogen) atoms. The molecule has 0 saturated heterocycles. The first-order chi connectivity index (χ1) is 26.5. The first kappa shape index (κ1) is 30.7.